The van der Waals surface area contributed by atoms with Crippen molar-refractivity contribution in [1.82, 2.24) is 29.2 Å². The SMILES string of the molecule is Cn1c(Cn2ccnc2)nnc1[C@H]1CCCN(C2CCCCCC2)C1. The molecule has 0 radical (unpaired) electrons. The minimum atomic E-state index is 0.519. The Morgan fingerprint density at radius 3 is 2.64 bits per heavy atom. The maximum atomic E-state index is 4.57. The van der Waals surface area contributed by atoms with Gasteiger partial charge in [0.05, 0.1) is 12.9 Å². The lowest BCUT2D eigenvalue weighted by Crippen LogP contribution is -2.42. The lowest BCUT2D eigenvalue weighted by molar-refractivity contribution is 0.132. The van der Waals surface area contributed by atoms with Crippen LogP contribution in [0.5, 0.6) is 0 Å². The molecule has 1 saturated carbocycles. The second-order valence-corrected chi connectivity index (χ2v) is 7.75. The first-order chi connectivity index (χ1) is 12.3. The molecule has 3 heterocycles. The number of nitrogens with zero attached hydrogens (tertiary/aromatic N) is 6. The molecule has 2 fully saturated rings. The van der Waals surface area contributed by atoms with Gasteiger partial charge in [0.1, 0.15) is 5.82 Å². The molecule has 1 aliphatic carbocycles. The van der Waals surface area contributed by atoms with Crippen LogP contribution in [0.4, 0.5) is 0 Å². The Bertz CT molecular complexity index is 654. The molecule has 1 atom stereocenters. The molecule has 0 amide bonds. The van der Waals surface area contributed by atoms with E-state index in [9.17, 15) is 0 Å². The van der Waals surface area contributed by atoms with Gasteiger partial charge in [-0.05, 0) is 32.2 Å². The Morgan fingerprint density at radius 1 is 1.04 bits per heavy atom. The highest BCUT2D eigenvalue weighted by atomic mass is 15.3. The zero-order valence-electron chi connectivity index (χ0n) is 15.3. The average Bonchev–Trinajstić information content (AvgIpc) is 3.18. The van der Waals surface area contributed by atoms with Crippen molar-refractivity contribution in [2.24, 2.45) is 7.05 Å². The van der Waals surface area contributed by atoms with E-state index in [0.29, 0.717) is 5.92 Å². The van der Waals surface area contributed by atoms with Gasteiger partial charge in [-0.2, -0.15) is 0 Å². The van der Waals surface area contributed by atoms with E-state index in [1.807, 2.05) is 23.3 Å². The molecular formula is C19H30N6. The number of rotatable bonds is 4. The number of imidazole rings is 1. The quantitative estimate of drug-likeness (QED) is 0.802. The highest BCUT2D eigenvalue weighted by Crippen LogP contribution is 2.30. The van der Waals surface area contributed by atoms with Crippen LogP contribution in [0.15, 0.2) is 18.7 Å². The second kappa shape index (κ2) is 7.68. The van der Waals surface area contributed by atoms with Crippen molar-refractivity contribution in [2.75, 3.05) is 13.1 Å². The molecular weight excluding hydrogens is 312 g/mol. The molecule has 136 valence electrons. The highest BCUT2D eigenvalue weighted by molar-refractivity contribution is 5.05. The predicted molar refractivity (Wildman–Crippen MR) is 97.4 cm³/mol. The van der Waals surface area contributed by atoms with E-state index >= 15 is 0 Å². The third-order valence-corrected chi connectivity index (χ3v) is 6.04. The van der Waals surface area contributed by atoms with Crippen LogP contribution >= 0.6 is 0 Å². The van der Waals surface area contributed by atoms with Crippen molar-refractivity contribution in [3.05, 3.63) is 30.4 Å². The predicted octanol–water partition coefficient (Wildman–Crippen LogP) is 2.96. The highest BCUT2D eigenvalue weighted by Gasteiger charge is 2.29. The van der Waals surface area contributed by atoms with Gasteiger partial charge in [0.2, 0.25) is 0 Å². The van der Waals surface area contributed by atoms with Crippen molar-refractivity contribution in [2.45, 2.75) is 69.9 Å². The summed E-state index contributed by atoms with van der Waals surface area (Å²) < 4.78 is 4.26. The molecule has 2 aromatic rings. The number of likely N-dealkylation sites (tertiary alicyclic amines) is 1. The minimum absolute atomic E-state index is 0.519. The monoisotopic (exact) mass is 342 g/mol. The Kier molecular flexibility index (Phi) is 5.15. The topological polar surface area (TPSA) is 51.8 Å². The van der Waals surface area contributed by atoms with Crippen LogP contribution < -0.4 is 0 Å². The van der Waals surface area contributed by atoms with Gasteiger partial charge in [0.15, 0.2) is 5.82 Å². The zero-order valence-corrected chi connectivity index (χ0v) is 15.3. The maximum Gasteiger partial charge on any atom is 0.152 e. The number of piperidine rings is 1. The Balaban J connectivity index is 1.45. The van der Waals surface area contributed by atoms with Gasteiger partial charge >= 0.3 is 0 Å². The molecule has 1 saturated heterocycles. The van der Waals surface area contributed by atoms with Gasteiger partial charge in [0.25, 0.3) is 0 Å². The van der Waals surface area contributed by atoms with Crippen molar-refractivity contribution in [3.8, 4) is 0 Å². The summed E-state index contributed by atoms with van der Waals surface area (Å²) in [5.74, 6) is 2.69. The number of hydrogen-bond acceptors (Lipinski definition) is 4. The van der Waals surface area contributed by atoms with Crippen LogP contribution in [0.1, 0.15) is 68.9 Å². The first-order valence-corrected chi connectivity index (χ1v) is 9.89. The summed E-state index contributed by atoms with van der Waals surface area (Å²) in [6, 6.07) is 0.795. The lowest BCUT2D eigenvalue weighted by Gasteiger charge is -2.37. The average molecular weight is 342 g/mol. The molecule has 2 aromatic heterocycles. The molecule has 4 rings (SSSR count). The van der Waals surface area contributed by atoms with Crippen LogP contribution in [0.25, 0.3) is 0 Å². The molecule has 0 unspecified atom stereocenters. The van der Waals surface area contributed by atoms with Crippen LogP contribution in [0.2, 0.25) is 0 Å². The van der Waals surface area contributed by atoms with E-state index in [0.717, 1.165) is 30.8 Å². The van der Waals surface area contributed by atoms with E-state index in [1.54, 1.807) is 0 Å². The second-order valence-electron chi connectivity index (χ2n) is 7.75. The van der Waals surface area contributed by atoms with Gasteiger partial charge in [-0.1, -0.05) is 25.7 Å². The number of hydrogen-bond donors (Lipinski definition) is 0. The normalized spacial score (nSPS) is 23.6. The fraction of sp³-hybridized carbons (Fsp3) is 0.737. The third-order valence-electron chi connectivity index (χ3n) is 6.04. The van der Waals surface area contributed by atoms with Crippen LogP contribution in [0, 0.1) is 0 Å². The standard InChI is InChI=1S/C19H30N6/c1-23-18(14-24-12-10-20-15-24)21-22-19(23)16-7-6-11-25(13-16)17-8-4-2-3-5-9-17/h10,12,15-17H,2-9,11,13-14H2,1H3/t16-/m0/s1. The first-order valence-electron chi connectivity index (χ1n) is 9.89. The lowest BCUT2D eigenvalue weighted by atomic mass is 9.94. The fourth-order valence-corrected chi connectivity index (χ4v) is 4.58. The molecule has 1 aliphatic heterocycles. The molecule has 6 nitrogen and oxygen atoms in total. The zero-order chi connectivity index (χ0) is 17.1. The van der Waals surface area contributed by atoms with Gasteiger partial charge in [0, 0.05) is 37.9 Å². The Labute approximate surface area is 150 Å². The van der Waals surface area contributed by atoms with Gasteiger partial charge in [-0.25, -0.2) is 4.98 Å². The summed E-state index contributed by atoms with van der Waals surface area (Å²) in [6.07, 6.45) is 16.6. The van der Waals surface area contributed by atoms with Gasteiger partial charge in [-0.3, -0.25) is 4.90 Å². The van der Waals surface area contributed by atoms with Gasteiger partial charge in [-0.15, -0.1) is 10.2 Å². The van der Waals surface area contributed by atoms with E-state index in [1.165, 1.54) is 57.9 Å². The summed E-state index contributed by atoms with van der Waals surface area (Å²) in [5, 5.41) is 9.03. The van der Waals surface area contributed by atoms with Crippen LogP contribution in [-0.4, -0.2) is 48.3 Å². The maximum absolute atomic E-state index is 4.57. The Hall–Kier alpha value is -1.69. The van der Waals surface area contributed by atoms with Crippen molar-refractivity contribution in [1.29, 1.82) is 0 Å². The number of aromatic nitrogens is 5. The first kappa shape index (κ1) is 16.8. The summed E-state index contributed by atoms with van der Waals surface area (Å²) in [5.41, 5.74) is 0. The minimum Gasteiger partial charge on any atom is -0.330 e. The van der Waals surface area contributed by atoms with Crippen molar-refractivity contribution in [3.63, 3.8) is 0 Å². The van der Waals surface area contributed by atoms with E-state index < -0.39 is 0 Å². The van der Waals surface area contributed by atoms with E-state index in [2.05, 4.69) is 31.7 Å². The summed E-state index contributed by atoms with van der Waals surface area (Å²) in [4.78, 5) is 6.87. The van der Waals surface area contributed by atoms with E-state index in [-0.39, 0.29) is 0 Å². The fourth-order valence-electron chi connectivity index (χ4n) is 4.58. The molecule has 2 aliphatic rings. The molecule has 6 heteroatoms. The van der Waals surface area contributed by atoms with Crippen LogP contribution in [-0.2, 0) is 13.6 Å². The molecule has 25 heavy (non-hydrogen) atoms. The summed E-state index contributed by atoms with van der Waals surface area (Å²) in [6.45, 7) is 3.16. The largest absolute Gasteiger partial charge is 0.330 e. The summed E-state index contributed by atoms with van der Waals surface area (Å²) >= 11 is 0. The van der Waals surface area contributed by atoms with Gasteiger partial charge < -0.3 is 9.13 Å². The molecule has 0 bridgehead atoms. The Morgan fingerprint density at radius 2 is 1.88 bits per heavy atom. The smallest absolute Gasteiger partial charge is 0.152 e. The molecule has 0 N–H and O–H groups in total. The van der Waals surface area contributed by atoms with Crippen molar-refractivity contribution < 1.29 is 0 Å². The van der Waals surface area contributed by atoms with E-state index in [4.69, 9.17) is 0 Å². The summed E-state index contributed by atoms with van der Waals surface area (Å²) in [7, 11) is 2.12. The molecule has 0 aromatic carbocycles. The van der Waals surface area contributed by atoms with Crippen LogP contribution in [0.3, 0.4) is 0 Å². The third kappa shape index (κ3) is 3.78. The van der Waals surface area contributed by atoms with Crippen molar-refractivity contribution >= 4 is 0 Å². The molecule has 0 spiro atoms.